The number of hydrogen-bond donors (Lipinski definition) is 1. The summed E-state index contributed by atoms with van der Waals surface area (Å²) in [6.45, 7) is 4.39. The Morgan fingerprint density at radius 3 is 2.44 bits per heavy atom. The molecular formula is C26H25NO5. The molecule has 2 aromatic heterocycles. The van der Waals surface area contributed by atoms with Crippen molar-refractivity contribution >= 4 is 11.0 Å². The zero-order chi connectivity index (χ0) is 22.5. The summed E-state index contributed by atoms with van der Waals surface area (Å²) >= 11 is 0. The van der Waals surface area contributed by atoms with Crippen molar-refractivity contribution in [2.45, 2.75) is 39.6 Å². The minimum absolute atomic E-state index is 0.0642. The second-order valence-electron chi connectivity index (χ2n) is 7.82. The Hall–Kier alpha value is -3.64. The number of rotatable bonds is 8. The quantitative estimate of drug-likeness (QED) is 0.425. The lowest BCUT2D eigenvalue weighted by Gasteiger charge is -2.14. The molecule has 0 spiro atoms. The lowest BCUT2D eigenvalue weighted by Crippen LogP contribution is -2.08. The molecule has 2 aromatic carbocycles. The van der Waals surface area contributed by atoms with Crippen molar-refractivity contribution in [2.75, 3.05) is 0 Å². The standard InChI is InChI=1S/C26H25NO5/c1-17(2)23-13-22(29)26-24(31-16-20-6-4-3-5-19(20)14-28)11-21(12-25(26)32-23)30-15-18-7-9-27-10-8-18/h3-13,17,28H,14-16H2,1-2H3. The van der Waals surface area contributed by atoms with Gasteiger partial charge in [0.1, 0.15) is 41.4 Å². The van der Waals surface area contributed by atoms with Crippen LogP contribution in [-0.2, 0) is 19.8 Å². The number of aliphatic hydroxyl groups excluding tert-OH is 1. The van der Waals surface area contributed by atoms with Crippen LogP contribution in [0.25, 0.3) is 11.0 Å². The second kappa shape index (κ2) is 9.66. The Labute approximate surface area is 186 Å². The monoisotopic (exact) mass is 431 g/mol. The highest BCUT2D eigenvalue weighted by molar-refractivity contribution is 5.85. The molecule has 6 nitrogen and oxygen atoms in total. The van der Waals surface area contributed by atoms with Crippen molar-refractivity contribution in [3.63, 3.8) is 0 Å². The fourth-order valence-electron chi connectivity index (χ4n) is 3.38. The third-order valence-corrected chi connectivity index (χ3v) is 5.18. The van der Waals surface area contributed by atoms with Gasteiger partial charge in [-0.1, -0.05) is 38.1 Å². The molecule has 0 aliphatic rings. The number of nitrogens with zero attached hydrogens (tertiary/aromatic N) is 1. The maximum Gasteiger partial charge on any atom is 0.196 e. The second-order valence-corrected chi connectivity index (χ2v) is 7.82. The van der Waals surface area contributed by atoms with Crippen LogP contribution >= 0.6 is 0 Å². The van der Waals surface area contributed by atoms with Crippen LogP contribution in [0.5, 0.6) is 11.5 Å². The summed E-state index contributed by atoms with van der Waals surface area (Å²) in [5.74, 6) is 1.58. The molecule has 0 aliphatic carbocycles. The average Bonchev–Trinajstić information content (AvgIpc) is 2.81. The van der Waals surface area contributed by atoms with Gasteiger partial charge in [-0.25, -0.2) is 0 Å². The molecule has 32 heavy (non-hydrogen) atoms. The Morgan fingerprint density at radius 2 is 1.72 bits per heavy atom. The van der Waals surface area contributed by atoms with Crippen molar-refractivity contribution in [1.82, 2.24) is 4.98 Å². The highest BCUT2D eigenvalue weighted by Crippen LogP contribution is 2.32. The number of fused-ring (bicyclic) bond motifs is 1. The van der Waals surface area contributed by atoms with Gasteiger partial charge < -0.3 is 19.0 Å². The summed E-state index contributed by atoms with van der Waals surface area (Å²) in [7, 11) is 0. The smallest absolute Gasteiger partial charge is 0.196 e. The van der Waals surface area contributed by atoms with Crippen LogP contribution < -0.4 is 14.9 Å². The van der Waals surface area contributed by atoms with Crippen molar-refractivity contribution in [3.05, 3.63) is 99.7 Å². The molecule has 0 saturated heterocycles. The highest BCUT2D eigenvalue weighted by Gasteiger charge is 2.16. The average molecular weight is 431 g/mol. The van der Waals surface area contributed by atoms with Gasteiger partial charge in [-0.05, 0) is 28.8 Å². The number of pyridine rings is 1. The zero-order valence-electron chi connectivity index (χ0n) is 18.1. The van der Waals surface area contributed by atoms with Crippen molar-refractivity contribution in [2.24, 2.45) is 0 Å². The van der Waals surface area contributed by atoms with E-state index in [4.69, 9.17) is 13.9 Å². The molecule has 4 rings (SSSR count). The number of hydrogen-bond acceptors (Lipinski definition) is 6. The van der Waals surface area contributed by atoms with Crippen LogP contribution in [-0.4, -0.2) is 10.1 Å². The molecule has 0 fully saturated rings. The molecule has 0 unspecified atom stereocenters. The minimum atomic E-state index is -0.166. The van der Waals surface area contributed by atoms with Gasteiger partial charge in [0.05, 0.1) is 6.61 Å². The number of aliphatic hydroxyl groups is 1. The molecule has 0 saturated carbocycles. The van der Waals surface area contributed by atoms with E-state index in [0.717, 1.165) is 16.7 Å². The lowest BCUT2D eigenvalue weighted by atomic mass is 10.1. The predicted octanol–water partition coefficient (Wildman–Crippen LogP) is 4.96. The maximum atomic E-state index is 12.9. The first-order chi connectivity index (χ1) is 15.5. The van der Waals surface area contributed by atoms with E-state index in [1.165, 1.54) is 6.07 Å². The first-order valence-electron chi connectivity index (χ1n) is 10.5. The molecule has 164 valence electrons. The summed E-state index contributed by atoms with van der Waals surface area (Å²) in [4.78, 5) is 16.9. The summed E-state index contributed by atoms with van der Waals surface area (Å²) in [6.07, 6.45) is 3.42. The normalized spacial score (nSPS) is 11.1. The third kappa shape index (κ3) is 4.81. The van der Waals surface area contributed by atoms with Crippen molar-refractivity contribution < 1.29 is 19.0 Å². The molecule has 0 bridgehead atoms. The van der Waals surface area contributed by atoms with Crippen LogP contribution in [0.1, 0.15) is 42.2 Å². The summed E-state index contributed by atoms with van der Waals surface area (Å²) in [5.41, 5.74) is 2.84. The summed E-state index contributed by atoms with van der Waals surface area (Å²) in [6, 6.07) is 16.2. The highest BCUT2D eigenvalue weighted by atomic mass is 16.5. The third-order valence-electron chi connectivity index (χ3n) is 5.18. The van der Waals surface area contributed by atoms with Crippen LogP contribution in [0, 0.1) is 0 Å². The number of benzene rings is 2. The van der Waals surface area contributed by atoms with E-state index in [1.807, 2.05) is 50.2 Å². The van der Waals surface area contributed by atoms with Crippen LogP contribution in [0.3, 0.4) is 0 Å². The molecule has 1 N–H and O–H groups in total. The zero-order valence-corrected chi connectivity index (χ0v) is 18.1. The van der Waals surface area contributed by atoms with E-state index in [9.17, 15) is 9.90 Å². The van der Waals surface area contributed by atoms with E-state index in [-0.39, 0.29) is 24.6 Å². The molecule has 2 heterocycles. The largest absolute Gasteiger partial charge is 0.489 e. The van der Waals surface area contributed by atoms with Gasteiger partial charge in [-0.2, -0.15) is 0 Å². The maximum absolute atomic E-state index is 12.9. The van der Waals surface area contributed by atoms with E-state index >= 15 is 0 Å². The fourth-order valence-corrected chi connectivity index (χ4v) is 3.38. The van der Waals surface area contributed by atoms with Crippen molar-refractivity contribution in [3.8, 4) is 11.5 Å². The van der Waals surface area contributed by atoms with Crippen LogP contribution in [0.2, 0.25) is 0 Å². The van der Waals surface area contributed by atoms with E-state index < -0.39 is 0 Å². The van der Waals surface area contributed by atoms with Gasteiger partial charge in [0.25, 0.3) is 0 Å². The fraction of sp³-hybridized carbons (Fsp3) is 0.231. The van der Waals surface area contributed by atoms with E-state index in [1.54, 1.807) is 24.5 Å². The van der Waals surface area contributed by atoms with Crippen LogP contribution in [0.4, 0.5) is 0 Å². The Balaban J connectivity index is 1.71. The van der Waals surface area contributed by atoms with Crippen LogP contribution in [0.15, 0.2) is 76.2 Å². The van der Waals surface area contributed by atoms with Gasteiger partial charge in [0.15, 0.2) is 5.43 Å². The Kier molecular flexibility index (Phi) is 6.52. The Bertz CT molecular complexity index is 1260. The SMILES string of the molecule is CC(C)c1cc(=O)c2c(OCc3ccccc3CO)cc(OCc3ccncc3)cc2o1. The first kappa shape index (κ1) is 21.6. The van der Waals surface area contributed by atoms with Gasteiger partial charge in [-0.15, -0.1) is 0 Å². The molecule has 4 aromatic rings. The van der Waals surface area contributed by atoms with Gasteiger partial charge in [-0.3, -0.25) is 9.78 Å². The molecule has 0 atom stereocenters. The van der Waals surface area contributed by atoms with Gasteiger partial charge in [0, 0.05) is 36.5 Å². The molecule has 0 amide bonds. The van der Waals surface area contributed by atoms with E-state index in [0.29, 0.717) is 34.8 Å². The number of ether oxygens (including phenoxy) is 2. The minimum Gasteiger partial charge on any atom is -0.489 e. The van der Waals surface area contributed by atoms with Gasteiger partial charge in [0.2, 0.25) is 0 Å². The number of aromatic nitrogens is 1. The summed E-state index contributed by atoms with van der Waals surface area (Å²) < 4.78 is 18.1. The molecule has 6 heteroatoms. The predicted molar refractivity (Wildman–Crippen MR) is 122 cm³/mol. The lowest BCUT2D eigenvalue weighted by molar-refractivity contribution is 0.268. The topological polar surface area (TPSA) is 81.8 Å². The van der Waals surface area contributed by atoms with Gasteiger partial charge >= 0.3 is 0 Å². The Morgan fingerprint density at radius 1 is 0.969 bits per heavy atom. The molecular weight excluding hydrogens is 406 g/mol. The first-order valence-corrected chi connectivity index (χ1v) is 10.5. The van der Waals surface area contributed by atoms with E-state index in [2.05, 4.69) is 4.98 Å². The molecule has 0 radical (unpaired) electrons. The van der Waals surface area contributed by atoms with Crippen molar-refractivity contribution in [1.29, 1.82) is 0 Å². The summed E-state index contributed by atoms with van der Waals surface area (Å²) in [5, 5.41) is 9.96. The molecule has 0 aliphatic heterocycles.